The molecule has 0 aliphatic rings. The molecule has 18 heavy (non-hydrogen) atoms. The lowest BCUT2D eigenvalue weighted by molar-refractivity contribution is 1.40. The fourth-order valence-corrected chi connectivity index (χ4v) is 3.70. The van der Waals surface area contributed by atoms with E-state index in [1.165, 1.54) is 9.79 Å². The third kappa shape index (κ3) is 5.00. The molecule has 0 N–H and O–H groups in total. The monoisotopic (exact) mass is 402 g/mol. The van der Waals surface area contributed by atoms with E-state index in [0.29, 0.717) is 0 Å². The average molecular weight is 404 g/mol. The SMILES string of the molecule is Brc1ccc(SCCSc2ccc(Br)cc2)cc1. The number of halogens is 2. The van der Waals surface area contributed by atoms with Crippen LogP contribution in [0, 0.1) is 0 Å². The first-order chi connectivity index (χ1) is 8.74. The van der Waals surface area contributed by atoms with Crippen molar-refractivity contribution in [2.24, 2.45) is 0 Å². The van der Waals surface area contributed by atoms with Crippen LogP contribution in [-0.4, -0.2) is 11.5 Å². The van der Waals surface area contributed by atoms with Crippen molar-refractivity contribution >= 4 is 55.4 Å². The number of hydrogen-bond donors (Lipinski definition) is 0. The number of benzene rings is 2. The highest BCUT2D eigenvalue weighted by molar-refractivity contribution is 9.10. The van der Waals surface area contributed by atoms with Crippen LogP contribution in [0.3, 0.4) is 0 Å². The Bertz CT molecular complexity index is 433. The van der Waals surface area contributed by atoms with E-state index in [0.717, 1.165) is 20.5 Å². The molecule has 0 bridgehead atoms. The van der Waals surface area contributed by atoms with E-state index in [1.807, 2.05) is 23.5 Å². The van der Waals surface area contributed by atoms with E-state index in [1.54, 1.807) is 0 Å². The molecule has 2 aromatic rings. The van der Waals surface area contributed by atoms with Gasteiger partial charge in [-0.15, -0.1) is 23.5 Å². The fourth-order valence-electron chi connectivity index (χ4n) is 1.38. The topological polar surface area (TPSA) is 0 Å². The van der Waals surface area contributed by atoms with Gasteiger partial charge in [0.1, 0.15) is 0 Å². The Balaban J connectivity index is 1.73. The summed E-state index contributed by atoms with van der Waals surface area (Å²) >= 11 is 10.7. The molecule has 0 amide bonds. The lowest BCUT2D eigenvalue weighted by Gasteiger charge is -2.03. The zero-order valence-corrected chi connectivity index (χ0v) is 14.4. The van der Waals surface area contributed by atoms with Gasteiger partial charge in [0.25, 0.3) is 0 Å². The summed E-state index contributed by atoms with van der Waals surface area (Å²) in [5.41, 5.74) is 0. The minimum Gasteiger partial charge on any atom is -0.125 e. The van der Waals surface area contributed by atoms with Crippen LogP contribution in [0.25, 0.3) is 0 Å². The average Bonchev–Trinajstić information content (AvgIpc) is 2.39. The van der Waals surface area contributed by atoms with Crippen molar-refractivity contribution in [1.82, 2.24) is 0 Å². The summed E-state index contributed by atoms with van der Waals surface area (Å²) < 4.78 is 2.27. The number of hydrogen-bond acceptors (Lipinski definition) is 2. The van der Waals surface area contributed by atoms with Crippen LogP contribution in [0.4, 0.5) is 0 Å². The molecule has 0 saturated heterocycles. The van der Waals surface area contributed by atoms with E-state index >= 15 is 0 Å². The van der Waals surface area contributed by atoms with Crippen LogP contribution in [0.1, 0.15) is 0 Å². The molecule has 0 fully saturated rings. The predicted molar refractivity (Wildman–Crippen MR) is 89.7 cm³/mol. The van der Waals surface area contributed by atoms with E-state index in [2.05, 4.69) is 80.4 Å². The van der Waals surface area contributed by atoms with Crippen LogP contribution < -0.4 is 0 Å². The second kappa shape index (κ2) is 7.63. The Morgan fingerprint density at radius 3 is 1.28 bits per heavy atom. The van der Waals surface area contributed by atoms with Gasteiger partial charge >= 0.3 is 0 Å². The highest BCUT2D eigenvalue weighted by Crippen LogP contribution is 2.25. The lowest BCUT2D eigenvalue weighted by atomic mass is 10.4. The van der Waals surface area contributed by atoms with Gasteiger partial charge < -0.3 is 0 Å². The van der Waals surface area contributed by atoms with E-state index in [9.17, 15) is 0 Å². The van der Waals surface area contributed by atoms with E-state index in [-0.39, 0.29) is 0 Å². The first-order valence-electron chi connectivity index (χ1n) is 5.51. The first kappa shape index (κ1) is 14.5. The molecule has 0 aromatic heterocycles. The summed E-state index contributed by atoms with van der Waals surface area (Å²) in [7, 11) is 0. The summed E-state index contributed by atoms with van der Waals surface area (Å²) in [6, 6.07) is 17.0. The zero-order valence-electron chi connectivity index (χ0n) is 9.61. The Kier molecular flexibility index (Phi) is 6.15. The summed E-state index contributed by atoms with van der Waals surface area (Å²) in [5.74, 6) is 2.25. The van der Waals surface area contributed by atoms with Crippen LogP contribution in [0.2, 0.25) is 0 Å². The second-order valence-corrected chi connectivity index (χ2v) is 7.77. The van der Waals surface area contributed by atoms with Crippen molar-refractivity contribution in [3.8, 4) is 0 Å². The van der Waals surface area contributed by atoms with E-state index < -0.39 is 0 Å². The molecule has 0 aliphatic heterocycles. The lowest BCUT2D eigenvalue weighted by Crippen LogP contribution is -1.84. The molecule has 0 atom stereocenters. The summed E-state index contributed by atoms with van der Waals surface area (Å²) in [6.45, 7) is 0. The molecule has 2 rings (SSSR count). The first-order valence-corrected chi connectivity index (χ1v) is 9.06. The Morgan fingerprint density at radius 2 is 0.944 bits per heavy atom. The molecular weight excluding hydrogens is 392 g/mol. The molecule has 0 spiro atoms. The minimum absolute atomic E-state index is 1.13. The van der Waals surface area contributed by atoms with Gasteiger partial charge in [-0.05, 0) is 48.5 Å². The van der Waals surface area contributed by atoms with Gasteiger partial charge in [-0.1, -0.05) is 31.9 Å². The van der Waals surface area contributed by atoms with Crippen molar-refractivity contribution in [2.45, 2.75) is 9.79 Å². The smallest absolute Gasteiger partial charge is 0.0176 e. The molecule has 0 aliphatic carbocycles. The van der Waals surface area contributed by atoms with Gasteiger partial charge in [-0.2, -0.15) is 0 Å². The van der Waals surface area contributed by atoms with Crippen molar-refractivity contribution in [2.75, 3.05) is 11.5 Å². The quantitative estimate of drug-likeness (QED) is 0.437. The Morgan fingerprint density at radius 1 is 0.611 bits per heavy atom. The third-order valence-electron chi connectivity index (χ3n) is 2.25. The molecule has 0 unspecified atom stereocenters. The van der Waals surface area contributed by atoms with Gasteiger partial charge in [0.2, 0.25) is 0 Å². The molecule has 0 saturated carbocycles. The van der Waals surface area contributed by atoms with Crippen LogP contribution in [0.15, 0.2) is 67.3 Å². The molecule has 2 aromatic carbocycles. The maximum Gasteiger partial charge on any atom is 0.0176 e. The van der Waals surface area contributed by atoms with Crippen LogP contribution in [-0.2, 0) is 0 Å². The van der Waals surface area contributed by atoms with Crippen molar-refractivity contribution < 1.29 is 0 Å². The summed E-state index contributed by atoms with van der Waals surface area (Å²) in [5, 5.41) is 0. The summed E-state index contributed by atoms with van der Waals surface area (Å²) in [4.78, 5) is 2.66. The maximum atomic E-state index is 3.45. The van der Waals surface area contributed by atoms with Crippen molar-refractivity contribution in [3.05, 3.63) is 57.5 Å². The highest BCUT2D eigenvalue weighted by atomic mass is 79.9. The normalized spacial score (nSPS) is 10.6. The number of thioether (sulfide) groups is 2. The standard InChI is InChI=1S/C14H12Br2S2/c15-11-1-5-13(6-2-11)17-9-10-18-14-7-3-12(16)4-8-14/h1-8H,9-10H2. The van der Waals surface area contributed by atoms with Crippen molar-refractivity contribution in [1.29, 1.82) is 0 Å². The maximum absolute atomic E-state index is 3.45. The van der Waals surface area contributed by atoms with Crippen LogP contribution in [0.5, 0.6) is 0 Å². The minimum atomic E-state index is 1.13. The Hall–Kier alpha value is 0.1000. The van der Waals surface area contributed by atoms with Crippen molar-refractivity contribution in [3.63, 3.8) is 0 Å². The highest BCUT2D eigenvalue weighted by Gasteiger charge is 1.97. The molecule has 0 radical (unpaired) electrons. The largest absolute Gasteiger partial charge is 0.125 e. The molecular formula is C14H12Br2S2. The molecule has 4 heteroatoms. The molecule has 94 valence electrons. The number of rotatable bonds is 5. The second-order valence-electron chi connectivity index (χ2n) is 3.60. The van der Waals surface area contributed by atoms with Gasteiger partial charge in [-0.3, -0.25) is 0 Å². The van der Waals surface area contributed by atoms with E-state index in [4.69, 9.17) is 0 Å². The van der Waals surface area contributed by atoms with Crippen LogP contribution >= 0.6 is 55.4 Å². The van der Waals surface area contributed by atoms with Gasteiger partial charge in [-0.25, -0.2) is 0 Å². The summed E-state index contributed by atoms with van der Waals surface area (Å²) in [6.07, 6.45) is 0. The predicted octanol–water partition coefficient (Wildman–Crippen LogP) is 6.10. The third-order valence-corrected chi connectivity index (χ3v) is 5.59. The fraction of sp³-hybridized carbons (Fsp3) is 0.143. The molecule has 0 heterocycles. The van der Waals surface area contributed by atoms with Gasteiger partial charge in [0, 0.05) is 30.2 Å². The van der Waals surface area contributed by atoms with Gasteiger partial charge in [0.05, 0.1) is 0 Å². The molecule has 0 nitrogen and oxygen atoms in total. The van der Waals surface area contributed by atoms with Gasteiger partial charge in [0.15, 0.2) is 0 Å². The zero-order chi connectivity index (χ0) is 12.8. The Labute approximate surface area is 133 Å².